The quantitative estimate of drug-likeness (QED) is 0.656. The van der Waals surface area contributed by atoms with Gasteiger partial charge in [-0.15, -0.1) is 0 Å². The zero-order valence-corrected chi connectivity index (χ0v) is 15.1. The molecule has 0 spiro atoms. The van der Waals surface area contributed by atoms with Crippen molar-refractivity contribution in [3.05, 3.63) is 45.8 Å². The second kappa shape index (κ2) is 7.55. The molecule has 2 heterocycles. The lowest BCUT2D eigenvalue weighted by Crippen LogP contribution is -2.30. The van der Waals surface area contributed by atoms with Crippen LogP contribution >= 0.6 is 0 Å². The van der Waals surface area contributed by atoms with Gasteiger partial charge in [0.25, 0.3) is 0 Å². The molecule has 0 saturated carbocycles. The molecule has 0 aliphatic carbocycles. The Morgan fingerprint density at radius 1 is 1.23 bits per heavy atom. The number of nitrogens with one attached hydrogen (secondary N) is 1. The van der Waals surface area contributed by atoms with Crippen LogP contribution < -0.4 is 10.2 Å². The number of carbonyl (C=O) groups is 1. The summed E-state index contributed by atoms with van der Waals surface area (Å²) >= 11 is 0. The fraction of sp³-hybridized carbons (Fsp3) is 0.444. The fourth-order valence-corrected chi connectivity index (χ4v) is 3.42. The molecule has 8 nitrogen and oxygen atoms in total. The Bertz CT molecular complexity index is 824. The number of para-hydroxylation sites is 2. The first kappa shape index (κ1) is 17.9. The molecule has 1 N–H and O–H groups in total. The number of hydrogen-bond donors (Lipinski definition) is 1. The number of nitrogens with zero attached hydrogens (tertiary/aromatic N) is 4. The van der Waals surface area contributed by atoms with E-state index in [0.29, 0.717) is 11.4 Å². The monoisotopic (exact) mass is 357 g/mol. The van der Waals surface area contributed by atoms with Gasteiger partial charge < -0.3 is 10.2 Å². The van der Waals surface area contributed by atoms with Gasteiger partial charge in [-0.2, -0.15) is 5.10 Å². The molecule has 1 aromatic carbocycles. The molecule has 1 fully saturated rings. The van der Waals surface area contributed by atoms with E-state index in [1.54, 1.807) is 13.8 Å². The van der Waals surface area contributed by atoms with E-state index < -0.39 is 4.92 Å². The second-order valence-electron chi connectivity index (χ2n) is 6.55. The summed E-state index contributed by atoms with van der Waals surface area (Å²) in [5.74, 6) is -0.255. The molecule has 138 valence electrons. The number of hydrogen-bond acceptors (Lipinski definition) is 5. The molecule has 3 rings (SSSR count). The highest BCUT2D eigenvalue weighted by Gasteiger charge is 2.23. The number of amides is 1. The number of aromatic nitrogens is 2. The third kappa shape index (κ3) is 3.68. The van der Waals surface area contributed by atoms with E-state index in [0.717, 1.165) is 37.3 Å². The number of nitro groups is 1. The Kier molecular flexibility index (Phi) is 5.20. The molecule has 8 heteroatoms. The van der Waals surface area contributed by atoms with E-state index in [1.165, 1.54) is 11.1 Å². The summed E-state index contributed by atoms with van der Waals surface area (Å²) in [5, 5.41) is 18.2. The molecule has 1 amide bonds. The van der Waals surface area contributed by atoms with E-state index in [4.69, 9.17) is 0 Å². The fourth-order valence-electron chi connectivity index (χ4n) is 3.42. The maximum absolute atomic E-state index is 12.5. The summed E-state index contributed by atoms with van der Waals surface area (Å²) in [4.78, 5) is 25.4. The van der Waals surface area contributed by atoms with Gasteiger partial charge in [0, 0.05) is 13.1 Å². The van der Waals surface area contributed by atoms with Crippen molar-refractivity contribution in [1.82, 2.24) is 9.78 Å². The van der Waals surface area contributed by atoms with Crippen molar-refractivity contribution in [2.45, 2.75) is 39.7 Å². The summed E-state index contributed by atoms with van der Waals surface area (Å²) < 4.78 is 1.38. The lowest BCUT2D eigenvalue weighted by molar-refractivity contribution is -0.386. The van der Waals surface area contributed by atoms with Crippen molar-refractivity contribution in [2.75, 3.05) is 23.3 Å². The van der Waals surface area contributed by atoms with Gasteiger partial charge in [0.2, 0.25) is 5.91 Å². The van der Waals surface area contributed by atoms with Gasteiger partial charge in [-0.1, -0.05) is 12.1 Å². The highest BCUT2D eigenvalue weighted by molar-refractivity contribution is 5.94. The highest BCUT2D eigenvalue weighted by atomic mass is 16.6. The van der Waals surface area contributed by atoms with Gasteiger partial charge in [0.05, 0.1) is 16.3 Å². The smallest absolute Gasteiger partial charge is 0.312 e. The van der Waals surface area contributed by atoms with Crippen LogP contribution in [0.25, 0.3) is 0 Å². The van der Waals surface area contributed by atoms with Crippen LogP contribution in [0.15, 0.2) is 24.3 Å². The highest BCUT2D eigenvalue weighted by Crippen LogP contribution is 2.28. The van der Waals surface area contributed by atoms with Crippen molar-refractivity contribution in [1.29, 1.82) is 0 Å². The van der Waals surface area contributed by atoms with Crippen molar-refractivity contribution < 1.29 is 9.72 Å². The molecule has 0 unspecified atom stereocenters. The van der Waals surface area contributed by atoms with Gasteiger partial charge in [-0.05, 0) is 45.2 Å². The zero-order valence-electron chi connectivity index (χ0n) is 15.1. The lowest BCUT2D eigenvalue weighted by Gasteiger charge is -2.30. The Balaban J connectivity index is 1.75. The molecule has 0 radical (unpaired) electrons. The predicted molar refractivity (Wildman–Crippen MR) is 99.5 cm³/mol. The number of carbonyl (C=O) groups excluding carboxylic acids is 1. The summed E-state index contributed by atoms with van der Waals surface area (Å²) in [7, 11) is 0. The maximum Gasteiger partial charge on any atom is 0.312 e. The summed E-state index contributed by atoms with van der Waals surface area (Å²) in [5.41, 5.74) is 2.43. The number of anilines is 2. The van der Waals surface area contributed by atoms with Crippen molar-refractivity contribution in [3.63, 3.8) is 0 Å². The van der Waals surface area contributed by atoms with Crippen LogP contribution in [0.3, 0.4) is 0 Å². The average Bonchev–Trinajstić information content (AvgIpc) is 2.89. The summed E-state index contributed by atoms with van der Waals surface area (Å²) in [6.07, 6.45) is 3.54. The summed E-state index contributed by atoms with van der Waals surface area (Å²) in [6.45, 7) is 5.08. The van der Waals surface area contributed by atoms with Crippen LogP contribution in [0.4, 0.5) is 17.1 Å². The van der Waals surface area contributed by atoms with Gasteiger partial charge >= 0.3 is 5.69 Å². The Hall–Kier alpha value is -2.90. The Morgan fingerprint density at radius 2 is 1.92 bits per heavy atom. The first-order valence-corrected chi connectivity index (χ1v) is 8.79. The minimum Gasteiger partial charge on any atom is -0.370 e. The molecule has 0 atom stereocenters. The van der Waals surface area contributed by atoms with Crippen LogP contribution in [0, 0.1) is 24.0 Å². The standard InChI is InChI=1S/C18H23N5O3/c1-13-18(23(25)26)14(2)22(20-13)12-17(24)19-15-8-4-5-9-16(15)21-10-6-3-7-11-21/h4-5,8-9H,3,6-7,10-12H2,1-2H3,(H,19,24). The van der Waals surface area contributed by atoms with E-state index in [1.807, 2.05) is 24.3 Å². The van der Waals surface area contributed by atoms with Crippen LogP contribution in [0.5, 0.6) is 0 Å². The normalized spacial score (nSPS) is 14.3. The molecular formula is C18H23N5O3. The van der Waals surface area contributed by atoms with Crippen LogP contribution in [0.1, 0.15) is 30.7 Å². The third-order valence-corrected chi connectivity index (χ3v) is 4.69. The molecule has 0 bridgehead atoms. The number of benzene rings is 1. The van der Waals surface area contributed by atoms with Gasteiger partial charge in [0.15, 0.2) is 0 Å². The molecule has 1 saturated heterocycles. The van der Waals surface area contributed by atoms with Crippen molar-refractivity contribution in [3.8, 4) is 0 Å². The Morgan fingerprint density at radius 3 is 2.58 bits per heavy atom. The van der Waals surface area contributed by atoms with Gasteiger partial charge in [-0.25, -0.2) is 0 Å². The molecular weight excluding hydrogens is 334 g/mol. The van der Waals surface area contributed by atoms with Crippen molar-refractivity contribution in [2.24, 2.45) is 0 Å². The SMILES string of the molecule is Cc1nn(CC(=O)Nc2ccccc2N2CCCCC2)c(C)c1[N+](=O)[O-]. The zero-order chi connectivity index (χ0) is 18.7. The van der Waals surface area contributed by atoms with Gasteiger partial charge in [-0.3, -0.25) is 19.6 Å². The Labute approximate surface area is 151 Å². The van der Waals surface area contributed by atoms with E-state index in [-0.39, 0.29) is 18.1 Å². The predicted octanol–water partition coefficient (Wildman–Crippen LogP) is 3.04. The van der Waals surface area contributed by atoms with E-state index in [2.05, 4.69) is 15.3 Å². The average molecular weight is 357 g/mol. The number of rotatable bonds is 5. The summed E-state index contributed by atoms with van der Waals surface area (Å²) in [6, 6.07) is 7.74. The first-order chi connectivity index (χ1) is 12.5. The molecule has 1 aliphatic rings. The van der Waals surface area contributed by atoms with E-state index in [9.17, 15) is 14.9 Å². The lowest BCUT2D eigenvalue weighted by atomic mass is 10.1. The first-order valence-electron chi connectivity index (χ1n) is 8.79. The molecule has 2 aromatic rings. The molecule has 26 heavy (non-hydrogen) atoms. The molecule has 1 aromatic heterocycles. The molecule has 1 aliphatic heterocycles. The minimum atomic E-state index is -0.461. The second-order valence-corrected chi connectivity index (χ2v) is 6.55. The minimum absolute atomic E-state index is 0.0356. The van der Waals surface area contributed by atoms with Gasteiger partial charge in [0.1, 0.15) is 17.9 Å². The van der Waals surface area contributed by atoms with Crippen LogP contribution in [-0.2, 0) is 11.3 Å². The third-order valence-electron chi connectivity index (χ3n) is 4.69. The van der Waals surface area contributed by atoms with Crippen LogP contribution in [0.2, 0.25) is 0 Å². The number of aryl methyl sites for hydroxylation is 1. The topological polar surface area (TPSA) is 93.3 Å². The van der Waals surface area contributed by atoms with Crippen LogP contribution in [-0.4, -0.2) is 33.7 Å². The van der Waals surface area contributed by atoms with E-state index >= 15 is 0 Å². The number of piperidine rings is 1. The maximum atomic E-state index is 12.5. The van der Waals surface area contributed by atoms with Crippen molar-refractivity contribution >= 4 is 23.0 Å². The largest absolute Gasteiger partial charge is 0.370 e.